The van der Waals surface area contributed by atoms with Gasteiger partial charge in [0.05, 0.1) is 35.5 Å². The third kappa shape index (κ3) is 9.55. The number of unbranched alkanes of at least 4 members (excludes halogenated alkanes) is 2. The molecule has 3 unspecified atom stereocenters. The molecule has 2 aromatic carbocycles. The Morgan fingerprint density at radius 2 is 1.12 bits per heavy atom. The molecule has 17 nitrogen and oxygen atoms in total. The zero-order chi connectivity index (χ0) is 39.8. The van der Waals surface area contributed by atoms with E-state index in [1.165, 1.54) is 6.07 Å². The highest BCUT2D eigenvalue weighted by molar-refractivity contribution is 6.25. The van der Waals surface area contributed by atoms with Gasteiger partial charge in [-0.05, 0) is 82.1 Å². The Labute approximate surface area is 329 Å². The van der Waals surface area contributed by atoms with Crippen LogP contribution in [-0.2, 0) is 28.7 Å². The minimum atomic E-state index is -0.993. The molecule has 5 aliphatic heterocycles. The van der Waals surface area contributed by atoms with Crippen LogP contribution in [0.2, 0.25) is 0 Å². The predicted molar refractivity (Wildman–Crippen MR) is 199 cm³/mol. The van der Waals surface area contributed by atoms with E-state index in [0.717, 1.165) is 48.5 Å². The number of carbonyl (C=O) groups is 8. The van der Waals surface area contributed by atoms with Crippen LogP contribution in [0.25, 0.3) is 0 Å². The van der Waals surface area contributed by atoms with Crippen LogP contribution in [0.4, 0.5) is 0 Å². The molecule has 0 radical (unpaired) electrons. The number of aliphatic hydroxyl groups excluding tert-OH is 1. The summed E-state index contributed by atoms with van der Waals surface area (Å²) in [6, 6.07) is 7.58. The largest absolute Gasteiger partial charge is 0.493 e. The standard InChI is InChI=1S/C22H26N2O7.C17H18N2O6.CH4/c25-17-10-9-15(20(26)23-17)24-21(27)14-6-5-7-16(19(14)22(24)28)29-11-3-4-13-31-18-8-1-2-12-30-18;20-8-1-2-9-25-12-5-3-4-10-14(12)17(24)19(16(10)23)11-6-7-13(21)18-15(11)22;/h5-7,15,18H,1-4,8-13H2,(H,23,25,26);3-5,11,20H,1-2,6-9H2,(H,18,21,22);1H4. The van der Waals surface area contributed by atoms with Crippen molar-refractivity contribution in [1.82, 2.24) is 20.4 Å². The Kier molecular flexibility index (Phi) is 14.6. The molecule has 306 valence electrons. The Morgan fingerprint density at radius 1 is 0.632 bits per heavy atom. The van der Waals surface area contributed by atoms with E-state index in [1.807, 2.05) is 0 Å². The van der Waals surface area contributed by atoms with Crippen LogP contribution in [0.3, 0.4) is 0 Å². The Hall–Kier alpha value is -5.52. The van der Waals surface area contributed by atoms with Gasteiger partial charge in [-0.1, -0.05) is 19.6 Å². The fraction of sp³-hybridized carbons (Fsp3) is 0.500. The van der Waals surface area contributed by atoms with Gasteiger partial charge in [-0.15, -0.1) is 0 Å². The predicted octanol–water partition coefficient (Wildman–Crippen LogP) is 2.67. The van der Waals surface area contributed by atoms with Crippen LogP contribution in [0.5, 0.6) is 11.5 Å². The van der Waals surface area contributed by atoms with Gasteiger partial charge in [0.2, 0.25) is 23.6 Å². The molecule has 0 spiro atoms. The second-order valence-electron chi connectivity index (χ2n) is 13.8. The van der Waals surface area contributed by atoms with Crippen molar-refractivity contribution in [3.63, 3.8) is 0 Å². The molecule has 3 N–H and O–H groups in total. The minimum Gasteiger partial charge on any atom is -0.493 e. The van der Waals surface area contributed by atoms with Crippen LogP contribution < -0.4 is 20.1 Å². The molecule has 0 bridgehead atoms. The number of benzene rings is 2. The molecule has 7 rings (SSSR count). The first-order valence-electron chi connectivity index (χ1n) is 18.9. The van der Waals surface area contributed by atoms with E-state index in [0.29, 0.717) is 38.4 Å². The number of ether oxygens (including phenoxy) is 4. The molecule has 2 aromatic rings. The maximum Gasteiger partial charge on any atom is 0.266 e. The van der Waals surface area contributed by atoms with Crippen molar-refractivity contribution in [2.24, 2.45) is 0 Å². The molecule has 0 aromatic heterocycles. The fourth-order valence-electron chi connectivity index (χ4n) is 7.05. The molecule has 3 fully saturated rings. The highest BCUT2D eigenvalue weighted by Gasteiger charge is 2.47. The van der Waals surface area contributed by atoms with E-state index >= 15 is 0 Å². The van der Waals surface area contributed by atoms with Crippen LogP contribution in [-0.4, -0.2) is 114 Å². The number of hydrogen-bond donors (Lipinski definition) is 3. The van der Waals surface area contributed by atoms with Gasteiger partial charge >= 0.3 is 0 Å². The van der Waals surface area contributed by atoms with Gasteiger partial charge in [0.25, 0.3) is 23.6 Å². The summed E-state index contributed by atoms with van der Waals surface area (Å²) >= 11 is 0. The lowest BCUT2D eigenvalue weighted by molar-refractivity contribution is -0.163. The van der Waals surface area contributed by atoms with Crippen LogP contribution in [0.15, 0.2) is 36.4 Å². The second kappa shape index (κ2) is 19.6. The lowest BCUT2D eigenvalue weighted by Gasteiger charge is -2.27. The van der Waals surface area contributed by atoms with Crippen LogP contribution in [0, 0.1) is 0 Å². The first-order valence-corrected chi connectivity index (χ1v) is 18.9. The van der Waals surface area contributed by atoms with Gasteiger partial charge in [0, 0.05) is 32.7 Å². The van der Waals surface area contributed by atoms with Crippen molar-refractivity contribution < 1.29 is 62.4 Å². The summed E-state index contributed by atoms with van der Waals surface area (Å²) in [5.74, 6) is -3.74. The maximum atomic E-state index is 13.0. The molecule has 5 aliphatic rings. The molecular weight excluding hydrogens is 744 g/mol. The molecule has 0 aliphatic carbocycles. The van der Waals surface area contributed by atoms with E-state index in [1.54, 1.807) is 30.3 Å². The summed E-state index contributed by atoms with van der Waals surface area (Å²) in [5.41, 5.74) is 0.713. The third-order valence-electron chi connectivity index (χ3n) is 9.91. The van der Waals surface area contributed by atoms with E-state index in [9.17, 15) is 38.4 Å². The zero-order valence-electron chi connectivity index (χ0n) is 30.8. The quantitative estimate of drug-likeness (QED) is 0.185. The molecular formula is C40H48N4O13. The molecule has 0 saturated carbocycles. The summed E-state index contributed by atoms with van der Waals surface area (Å²) < 4.78 is 22.6. The Balaban J connectivity index is 0.000000219. The van der Waals surface area contributed by atoms with Crippen molar-refractivity contribution in [3.05, 3.63) is 58.7 Å². The minimum absolute atomic E-state index is 0. The number of piperidine rings is 2. The van der Waals surface area contributed by atoms with Gasteiger partial charge < -0.3 is 24.1 Å². The number of hydrogen-bond acceptors (Lipinski definition) is 13. The number of nitrogens with one attached hydrogen (secondary N) is 2. The van der Waals surface area contributed by atoms with Gasteiger partial charge in [-0.25, -0.2) is 0 Å². The van der Waals surface area contributed by atoms with Crippen molar-refractivity contribution in [2.75, 3.05) is 33.0 Å². The molecule has 8 amide bonds. The Morgan fingerprint density at radius 3 is 1.58 bits per heavy atom. The second-order valence-corrected chi connectivity index (χ2v) is 13.8. The number of amides is 8. The molecule has 3 atom stereocenters. The van der Waals surface area contributed by atoms with E-state index in [4.69, 9.17) is 24.1 Å². The lowest BCUT2D eigenvalue weighted by Crippen LogP contribution is -2.54. The van der Waals surface area contributed by atoms with E-state index < -0.39 is 59.3 Å². The number of nitrogens with zero attached hydrogens (tertiary/aromatic N) is 2. The first kappa shape index (κ1) is 42.6. The SMILES string of the molecule is C.O=C1CCC(N2C(=O)c3cccc(OCCCCO)c3C2=O)C(=O)N1.O=C1CCC(N2C(=O)c3cccc(OCCCCOC4CCCCO4)c3C2=O)C(=O)N1. The number of aliphatic hydroxyl groups is 1. The lowest BCUT2D eigenvalue weighted by atomic mass is 10.0. The Bertz CT molecular complexity index is 1890. The molecule has 5 heterocycles. The summed E-state index contributed by atoms with van der Waals surface area (Å²) in [7, 11) is 0. The number of fused-ring (bicyclic) bond motifs is 2. The van der Waals surface area contributed by atoms with Crippen LogP contribution in [0.1, 0.15) is 119 Å². The van der Waals surface area contributed by atoms with Crippen molar-refractivity contribution >= 4 is 47.3 Å². The molecule has 17 heteroatoms. The fourth-order valence-corrected chi connectivity index (χ4v) is 7.05. The maximum absolute atomic E-state index is 13.0. The summed E-state index contributed by atoms with van der Waals surface area (Å²) in [4.78, 5) is 99.9. The van der Waals surface area contributed by atoms with E-state index in [2.05, 4.69) is 10.6 Å². The molecule has 57 heavy (non-hydrogen) atoms. The summed E-state index contributed by atoms with van der Waals surface area (Å²) in [6.45, 7) is 2.04. The highest BCUT2D eigenvalue weighted by atomic mass is 16.7. The van der Waals surface area contributed by atoms with Gasteiger partial charge in [-0.2, -0.15) is 0 Å². The van der Waals surface area contributed by atoms with Crippen LogP contribution >= 0.6 is 0 Å². The highest BCUT2D eigenvalue weighted by Crippen LogP contribution is 2.35. The van der Waals surface area contributed by atoms with Crippen molar-refractivity contribution in [2.45, 2.75) is 96.4 Å². The number of rotatable bonds is 14. The summed E-state index contributed by atoms with van der Waals surface area (Å²) in [6.07, 6.45) is 6.09. The van der Waals surface area contributed by atoms with E-state index in [-0.39, 0.29) is 74.0 Å². The monoisotopic (exact) mass is 792 g/mol. The number of imide groups is 4. The number of carbonyl (C=O) groups excluding carboxylic acids is 8. The average molecular weight is 793 g/mol. The first-order chi connectivity index (χ1) is 27.1. The van der Waals surface area contributed by atoms with Gasteiger partial charge in [0.15, 0.2) is 6.29 Å². The van der Waals surface area contributed by atoms with Crippen molar-refractivity contribution in [3.8, 4) is 11.5 Å². The third-order valence-corrected chi connectivity index (χ3v) is 9.91. The zero-order valence-corrected chi connectivity index (χ0v) is 30.8. The smallest absolute Gasteiger partial charge is 0.266 e. The average Bonchev–Trinajstić information content (AvgIpc) is 3.60. The normalized spacial score (nSPS) is 21.6. The topological polar surface area (TPSA) is 224 Å². The summed E-state index contributed by atoms with van der Waals surface area (Å²) in [5, 5.41) is 13.1. The van der Waals surface area contributed by atoms with Gasteiger partial charge in [0.1, 0.15) is 23.6 Å². The van der Waals surface area contributed by atoms with Crippen molar-refractivity contribution in [1.29, 1.82) is 0 Å². The van der Waals surface area contributed by atoms with Gasteiger partial charge in [-0.3, -0.25) is 58.8 Å². The molecule has 3 saturated heterocycles.